The van der Waals surface area contributed by atoms with Crippen LogP contribution >= 0.6 is 28.3 Å². The molecule has 1 aromatic rings. The molecule has 1 atom stereocenters. The first kappa shape index (κ1) is 15.9. The van der Waals surface area contributed by atoms with E-state index in [1.165, 1.54) is 31.4 Å². The number of rotatable bonds is 3. The van der Waals surface area contributed by atoms with Crippen LogP contribution in [0.4, 0.5) is 0 Å². The molecular weight excluding hydrogens is 314 g/mol. The number of nitrogens with one attached hydrogen (secondary N) is 1. The topological polar surface area (TPSA) is 28.2 Å². The van der Waals surface area contributed by atoms with E-state index < -0.39 is 0 Å². The van der Waals surface area contributed by atoms with Crippen LogP contribution in [0.25, 0.3) is 0 Å². The van der Waals surface area contributed by atoms with Gasteiger partial charge in [-0.15, -0.1) is 12.4 Å². The molecule has 1 saturated heterocycles. The lowest BCUT2D eigenvalue weighted by Gasteiger charge is -2.26. The Labute approximate surface area is 124 Å². The molecule has 0 amide bonds. The van der Waals surface area contributed by atoms with E-state index >= 15 is 0 Å². The van der Waals surface area contributed by atoms with Gasteiger partial charge in [-0.05, 0) is 67.0 Å². The molecule has 1 aliphatic heterocycles. The molecule has 2 rings (SSSR count). The number of hydrogen-bond donors (Lipinski definition) is 1. The molecule has 0 radical (unpaired) electrons. The van der Waals surface area contributed by atoms with E-state index in [-0.39, 0.29) is 12.4 Å². The Morgan fingerprint density at radius 1 is 1.39 bits per heavy atom. The average Bonchev–Trinajstić information content (AvgIpc) is 2.57. The second kappa shape index (κ2) is 8.10. The first-order valence-corrected chi connectivity index (χ1v) is 7.05. The van der Waals surface area contributed by atoms with Crippen molar-refractivity contribution in [3.05, 3.63) is 28.5 Å². The van der Waals surface area contributed by atoms with E-state index in [0.29, 0.717) is 6.04 Å². The zero-order chi connectivity index (χ0) is 12.1. The molecule has 0 aromatic carbocycles. The van der Waals surface area contributed by atoms with Gasteiger partial charge in [-0.1, -0.05) is 0 Å². The standard InChI is InChI=1S/C13H20BrN3.ClH/c1-17(13-3-2-5-15-6-4-13)10-11-7-12(14)9-16-8-11;/h7-9,13,15H,2-6,10H2,1H3;1H. The lowest BCUT2D eigenvalue weighted by molar-refractivity contribution is 0.216. The molecule has 1 unspecified atom stereocenters. The minimum Gasteiger partial charge on any atom is -0.317 e. The highest BCUT2D eigenvalue weighted by Crippen LogP contribution is 2.16. The van der Waals surface area contributed by atoms with Crippen molar-refractivity contribution in [2.75, 3.05) is 20.1 Å². The van der Waals surface area contributed by atoms with E-state index in [1.54, 1.807) is 0 Å². The largest absolute Gasteiger partial charge is 0.317 e. The molecule has 5 heteroatoms. The summed E-state index contributed by atoms with van der Waals surface area (Å²) >= 11 is 3.47. The monoisotopic (exact) mass is 333 g/mol. The van der Waals surface area contributed by atoms with Crippen molar-refractivity contribution in [3.8, 4) is 0 Å². The third-order valence-corrected chi connectivity index (χ3v) is 3.80. The van der Waals surface area contributed by atoms with Gasteiger partial charge in [0.15, 0.2) is 0 Å². The van der Waals surface area contributed by atoms with Gasteiger partial charge in [-0.3, -0.25) is 9.88 Å². The van der Waals surface area contributed by atoms with Gasteiger partial charge < -0.3 is 5.32 Å². The summed E-state index contributed by atoms with van der Waals surface area (Å²) in [7, 11) is 2.22. The molecule has 102 valence electrons. The van der Waals surface area contributed by atoms with Gasteiger partial charge in [0, 0.05) is 29.5 Å². The Kier molecular flexibility index (Phi) is 7.15. The fourth-order valence-electron chi connectivity index (χ4n) is 2.40. The molecule has 3 nitrogen and oxygen atoms in total. The molecule has 0 aliphatic carbocycles. The van der Waals surface area contributed by atoms with Crippen LogP contribution in [-0.4, -0.2) is 36.1 Å². The maximum Gasteiger partial charge on any atom is 0.0410 e. The Morgan fingerprint density at radius 2 is 2.22 bits per heavy atom. The van der Waals surface area contributed by atoms with E-state index in [0.717, 1.165) is 17.6 Å². The van der Waals surface area contributed by atoms with Crippen LogP contribution in [0.15, 0.2) is 22.9 Å². The summed E-state index contributed by atoms with van der Waals surface area (Å²) in [5.41, 5.74) is 1.28. The molecule has 2 heterocycles. The number of hydrogen-bond acceptors (Lipinski definition) is 3. The van der Waals surface area contributed by atoms with Crippen LogP contribution in [0.2, 0.25) is 0 Å². The molecule has 0 saturated carbocycles. The molecular formula is C13H21BrClN3. The van der Waals surface area contributed by atoms with Gasteiger partial charge in [-0.25, -0.2) is 0 Å². The smallest absolute Gasteiger partial charge is 0.0410 e. The van der Waals surface area contributed by atoms with Gasteiger partial charge in [-0.2, -0.15) is 0 Å². The van der Waals surface area contributed by atoms with Crippen LogP contribution in [-0.2, 0) is 6.54 Å². The Balaban J connectivity index is 0.00000162. The Bertz CT molecular complexity index is 354. The van der Waals surface area contributed by atoms with E-state index in [1.807, 2.05) is 12.4 Å². The number of nitrogens with zero attached hydrogens (tertiary/aromatic N) is 2. The van der Waals surface area contributed by atoms with Crippen LogP contribution in [0.1, 0.15) is 24.8 Å². The fourth-order valence-corrected chi connectivity index (χ4v) is 2.81. The van der Waals surface area contributed by atoms with Crippen molar-refractivity contribution < 1.29 is 0 Å². The Hall–Kier alpha value is -0.160. The molecule has 1 aromatic heterocycles. The summed E-state index contributed by atoms with van der Waals surface area (Å²) in [6.07, 6.45) is 7.61. The summed E-state index contributed by atoms with van der Waals surface area (Å²) < 4.78 is 1.06. The highest BCUT2D eigenvalue weighted by molar-refractivity contribution is 9.10. The van der Waals surface area contributed by atoms with E-state index in [9.17, 15) is 0 Å². The predicted molar refractivity (Wildman–Crippen MR) is 81.2 cm³/mol. The highest BCUT2D eigenvalue weighted by atomic mass is 79.9. The SMILES string of the molecule is CN(Cc1cncc(Br)c1)C1CCCNCC1.Cl. The maximum atomic E-state index is 4.22. The minimum atomic E-state index is 0. The van der Waals surface area contributed by atoms with Crippen LogP contribution in [0, 0.1) is 0 Å². The fraction of sp³-hybridized carbons (Fsp3) is 0.615. The summed E-state index contributed by atoms with van der Waals surface area (Å²) in [5.74, 6) is 0. The van der Waals surface area contributed by atoms with Crippen molar-refractivity contribution in [1.29, 1.82) is 0 Å². The molecule has 1 N–H and O–H groups in total. The number of aromatic nitrogens is 1. The first-order valence-electron chi connectivity index (χ1n) is 6.26. The normalized spacial score (nSPS) is 20.3. The van der Waals surface area contributed by atoms with Crippen molar-refractivity contribution in [1.82, 2.24) is 15.2 Å². The number of halogens is 2. The zero-order valence-electron chi connectivity index (χ0n) is 10.7. The second-order valence-corrected chi connectivity index (χ2v) is 5.68. The van der Waals surface area contributed by atoms with Gasteiger partial charge in [0.05, 0.1) is 0 Å². The molecule has 18 heavy (non-hydrogen) atoms. The molecule has 1 aliphatic rings. The predicted octanol–water partition coefficient (Wildman–Crippen LogP) is 2.84. The first-order chi connectivity index (χ1) is 8.25. The van der Waals surface area contributed by atoms with Crippen molar-refractivity contribution in [2.24, 2.45) is 0 Å². The van der Waals surface area contributed by atoms with E-state index in [4.69, 9.17) is 0 Å². The molecule has 0 spiro atoms. The van der Waals surface area contributed by atoms with E-state index in [2.05, 4.69) is 44.2 Å². The van der Waals surface area contributed by atoms with Gasteiger partial charge in [0.25, 0.3) is 0 Å². The molecule has 1 fully saturated rings. The van der Waals surface area contributed by atoms with Crippen molar-refractivity contribution in [3.63, 3.8) is 0 Å². The lowest BCUT2D eigenvalue weighted by Crippen LogP contribution is -2.32. The lowest BCUT2D eigenvalue weighted by atomic mass is 10.1. The highest BCUT2D eigenvalue weighted by Gasteiger charge is 2.16. The number of pyridine rings is 1. The summed E-state index contributed by atoms with van der Waals surface area (Å²) in [5, 5.41) is 3.46. The Morgan fingerprint density at radius 3 is 3.00 bits per heavy atom. The van der Waals surface area contributed by atoms with Crippen molar-refractivity contribution >= 4 is 28.3 Å². The third kappa shape index (κ3) is 4.84. The van der Waals surface area contributed by atoms with Crippen LogP contribution in [0.3, 0.4) is 0 Å². The van der Waals surface area contributed by atoms with Gasteiger partial charge in [0.1, 0.15) is 0 Å². The average molecular weight is 335 g/mol. The summed E-state index contributed by atoms with van der Waals surface area (Å²) in [6, 6.07) is 2.85. The van der Waals surface area contributed by atoms with Gasteiger partial charge >= 0.3 is 0 Å². The maximum absolute atomic E-state index is 4.22. The zero-order valence-corrected chi connectivity index (χ0v) is 13.1. The minimum absolute atomic E-state index is 0. The van der Waals surface area contributed by atoms with Crippen LogP contribution < -0.4 is 5.32 Å². The molecule has 0 bridgehead atoms. The quantitative estimate of drug-likeness (QED) is 0.921. The summed E-state index contributed by atoms with van der Waals surface area (Å²) in [4.78, 5) is 6.67. The third-order valence-electron chi connectivity index (χ3n) is 3.36. The van der Waals surface area contributed by atoms with Gasteiger partial charge in [0.2, 0.25) is 0 Å². The van der Waals surface area contributed by atoms with Crippen molar-refractivity contribution in [2.45, 2.75) is 31.8 Å². The second-order valence-electron chi connectivity index (χ2n) is 4.76. The summed E-state index contributed by atoms with van der Waals surface area (Å²) in [6.45, 7) is 3.30. The van der Waals surface area contributed by atoms with Crippen LogP contribution in [0.5, 0.6) is 0 Å².